The second-order valence-electron chi connectivity index (χ2n) is 4.83. The van der Waals surface area contributed by atoms with Crippen LogP contribution in [0.4, 0.5) is 8.78 Å². The van der Waals surface area contributed by atoms with Gasteiger partial charge >= 0.3 is 3.98 Å². The summed E-state index contributed by atoms with van der Waals surface area (Å²) >= 11 is 3.70. The SMILES string of the molecule is O=S(=O)(O)[C@H]1C[N+](=c2scc(-c3c(F)cccc3F)s2)CCS1. The second-order valence-corrected chi connectivity index (χ2v) is 10.2. The number of nitrogens with zero attached hydrogens (tertiary/aromatic N) is 1. The first-order valence-electron chi connectivity index (χ1n) is 6.55. The maximum absolute atomic E-state index is 13.8. The number of rotatable bonds is 2. The summed E-state index contributed by atoms with van der Waals surface area (Å²) in [6.45, 7) is 0.770. The molecule has 10 heteroatoms. The lowest BCUT2D eigenvalue weighted by Crippen LogP contribution is -2.42. The Hall–Kier alpha value is -0.810. The van der Waals surface area contributed by atoms with Crippen LogP contribution in [-0.4, -0.2) is 36.4 Å². The van der Waals surface area contributed by atoms with Crippen molar-refractivity contribution in [1.29, 1.82) is 0 Å². The van der Waals surface area contributed by atoms with Crippen molar-refractivity contribution in [2.45, 2.75) is 4.58 Å². The highest BCUT2D eigenvalue weighted by Gasteiger charge is 2.33. The van der Waals surface area contributed by atoms with E-state index in [4.69, 9.17) is 0 Å². The quantitative estimate of drug-likeness (QED) is 0.626. The van der Waals surface area contributed by atoms with Crippen LogP contribution in [0.25, 0.3) is 10.4 Å². The molecule has 1 aromatic carbocycles. The topological polar surface area (TPSA) is 57.4 Å². The van der Waals surface area contributed by atoms with Crippen molar-refractivity contribution in [2.24, 2.45) is 0 Å². The second kappa shape index (κ2) is 6.60. The van der Waals surface area contributed by atoms with Gasteiger partial charge in [0.2, 0.25) is 0 Å². The van der Waals surface area contributed by atoms with Crippen LogP contribution >= 0.6 is 34.4 Å². The largest absolute Gasteiger partial charge is 0.314 e. The van der Waals surface area contributed by atoms with Gasteiger partial charge in [0.25, 0.3) is 10.1 Å². The van der Waals surface area contributed by atoms with Gasteiger partial charge in [-0.2, -0.15) is 8.42 Å². The first kappa shape index (κ1) is 17.0. The van der Waals surface area contributed by atoms with Gasteiger partial charge in [-0.1, -0.05) is 28.7 Å². The summed E-state index contributed by atoms with van der Waals surface area (Å²) in [5.41, 5.74) is -0.0716. The maximum atomic E-state index is 13.8. The summed E-state index contributed by atoms with van der Waals surface area (Å²) in [5.74, 6) is -0.704. The Morgan fingerprint density at radius 2 is 1.96 bits per heavy atom. The molecule has 0 bridgehead atoms. The van der Waals surface area contributed by atoms with Crippen molar-refractivity contribution in [1.82, 2.24) is 4.58 Å². The highest BCUT2D eigenvalue weighted by Crippen LogP contribution is 2.29. The van der Waals surface area contributed by atoms with Gasteiger partial charge in [-0.3, -0.25) is 4.55 Å². The van der Waals surface area contributed by atoms with Crippen LogP contribution in [0, 0.1) is 11.6 Å². The summed E-state index contributed by atoms with van der Waals surface area (Å²) in [6.07, 6.45) is 0. The normalized spacial score (nSPS) is 21.4. The molecule has 2 aromatic rings. The average Bonchev–Trinajstić information content (AvgIpc) is 2.96. The Bertz CT molecular complexity index is 884. The molecule has 0 radical (unpaired) electrons. The molecule has 1 aromatic heterocycles. The van der Waals surface area contributed by atoms with Gasteiger partial charge < -0.3 is 0 Å². The van der Waals surface area contributed by atoms with Gasteiger partial charge in [-0.05, 0) is 12.1 Å². The third kappa shape index (κ3) is 3.66. The minimum Gasteiger partial charge on any atom is -0.285 e. The molecule has 1 aliphatic rings. The van der Waals surface area contributed by atoms with Crippen molar-refractivity contribution in [3.05, 3.63) is 39.2 Å². The van der Waals surface area contributed by atoms with Crippen LogP contribution < -0.4 is 8.56 Å². The van der Waals surface area contributed by atoms with E-state index in [1.165, 1.54) is 52.6 Å². The molecule has 1 fully saturated rings. The predicted molar refractivity (Wildman–Crippen MR) is 90.3 cm³/mol. The monoisotopic (exact) mass is 396 g/mol. The smallest absolute Gasteiger partial charge is 0.285 e. The minimum atomic E-state index is -4.12. The molecule has 4 nitrogen and oxygen atoms in total. The van der Waals surface area contributed by atoms with Gasteiger partial charge in [-0.15, -0.1) is 11.8 Å². The fourth-order valence-corrected chi connectivity index (χ4v) is 6.78. The molecule has 0 unspecified atom stereocenters. The maximum Gasteiger partial charge on any atom is 0.314 e. The van der Waals surface area contributed by atoms with Gasteiger partial charge in [0.1, 0.15) is 11.6 Å². The predicted octanol–water partition coefficient (Wildman–Crippen LogP) is 2.49. The molecule has 1 atom stereocenters. The van der Waals surface area contributed by atoms with E-state index in [2.05, 4.69) is 0 Å². The van der Waals surface area contributed by atoms with Crippen LogP contribution in [0.1, 0.15) is 0 Å². The minimum absolute atomic E-state index is 0.0716. The third-order valence-corrected chi connectivity index (χ3v) is 8.66. The molecule has 3 rings (SSSR count). The highest BCUT2D eigenvalue weighted by molar-refractivity contribution is 8.11. The van der Waals surface area contributed by atoms with E-state index < -0.39 is 26.3 Å². The van der Waals surface area contributed by atoms with E-state index in [1.807, 2.05) is 4.58 Å². The van der Waals surface area contributed by atoms with Crippen LogP contribution in [-0.2, 0) is 10.1 Å². The summed E-state index contributed by atoms with van der Waals surface area (Å²) in [5, 5.41) is 1.66. The molecule has 1 saturated heterocycles. The lowest BCUT2D eigenvalue weighted by molar-refractivity contribution is 0.471. The van der Waals surface area contributed by atoms with Crippen LogP contribution in [0.5, 0.6) is 0 Å². The van der Waals surface area contributed by atoms with Crippen LogP contribution in [0.3, 0.4) is 0 Å². The molecular weight excluding hydrogens is 384 g/mol. The summed E-state index contributed by atoms with van der Waals surface area (Å²) in [7, 11) is -4.12. The molecule has 124 valence electrons. The molecular formula is C13H12F2NO3S4+. The van der Waals surface area contributed by atoms with Gasteiger partial charge in [-0.25, -0.2) is 13.4 Å². The first-order chi connectivity index (χ1) is 10.9. The van der Waals surface area contributed by atoms with Gasteiger partial charge in [0.15, 0.2) is 17.7 Å². The Kier molecular flexibility index (Phi) is 4.88. The number of halogens is 2. The van der Waals surface area contributed by atoms with Crippen LogP contribution in [0.2, 0.25) is 0 Å². The number of benzene rings is 1. The lowest BCUT2D eigenvalue weighted by Gasteiger charge is -2.16. The Balaban J connectivity index is 2.01. The van der Waals surface area contributed by atoms with Gasteiger partial charge in [0, 0.05) is 5.38 Å². The Morgan fingerprint density at radius 3 is 2.61 bits per heavy atom. The fraction of sp³-hybridized carbons (Fsp3) is 0.308. The third-order valence-electron chi connectivity index (χ3n) is 3.30. The van der Waals surface area contributed by atoms with Crippen molar-refractivity contribution >= 4 is 44.6 Å². The van der Waals surface area contributed by atoms with Crippen molar-refractivity contribution < 1.29 is 21.8 Å². The summed E-state index contributed by atoms with van der Waals surface area (Å²) < 4.78 is 61.2. The molecule has 1 aliphatic heterocycles. The zero-order valence-electron chi connectivity index (χ0n) is 11.6. The van der Waals surface area contributed by atoms with Crippen molar-refractivity contribution in [3.8, 4) is 10.4 Å². The number of thioether (sulfide) groups is 1. The number of hydrogen-bond donors (Lipinski definition) is 1. The first-order valence-corrected chi connectivity index (χ1v) is 10.8. The zero-order valence-corrected chi connectivity index (χ0v) is 14.9. The summed E-state index contributed by atoms with van der Waals surface area (Å²) in [4.78, 5) is 0.460. The molecule has 23 heavy (non-hydrogen) atoms. The molecule has 2 heterocycles. The molecule has 1 N–H and O–H groups in total. The van der Waals surface area contributed by atoms with Gasteiger partial charge in [0.05, 0.1) is 16.2 Å². The van der Waals surface area contributed by atoms with E-state index in [0.717, 1.165) is 3.98 Å². The Labute approximate surface area is 143 Å². The molecule has 0 aliphatic carbocycles. The molecule has 0 spiro atoms. The van der Waals surface area contributed by atoms with Crippen molar-refractivity contribution in [2.75, 3.05) is 18.8 Å². The van der Waals surface area contributed by atoms with E-state index in [0.29, 0.717) is 17.2 Å². The van der Waals surface area contributed by atoms with E-state index in [9.17, 15) is 21.8 Å². The van der Waals surface area contributed by atoms with Crippen LogP contribution in [0.15, 0.2) is 23.6 Å². The van der Waals surface area contributed by atoms with E-state index >= 15 is 0 Å². The average molecular weight is 397 g/mol. The molecule has 0 amide bonds. The van der Waals surface area contributed by atoms with E-state index in [1.54, 1.807) is 5.38 Å². The lowest BCUT2D eigenvalue weighted by atomic mass is 10.2. The van der Waals surface area contributed by atoms with Crippen molar-refractivity contribution in [3.63, 3.8) is 0 Å². The highest BCUT2D eigenvalue weighted by atomic mass is 32.3. The zero-order chi connectivity index (χ0) is 16.6. The molecule has 0 saturated carbocycles. The summed E-state index contributed by atoms with van der Waals surface area (Å²) in [6, 6.07) is 3.72. The fourth-order valence-electron chi connectivity index (χ4n) is 2.19. The van der Waals surface area contributed by atoms with E-state index in [-0.39, 0.29) is 12.1 Å². The standard InChI is InChI=1S/C13H11F2NO3S4/c14-8-2-1-3-9(15)12(8)10-7-21-13(22-10)16-4-5-20-11(6-16)23(17,18)19/h1-3,7,11H,4-6H2/p+1/t11-/m0/s1. The Morgan fingerprint density at radius 1 is 1.26 bits per heavy atom. The number of hydrogen-bond acceptors (Lipinski definition) is 5.